The number of nitrogens with one attached hydrogen (secondary N) is 1. The molecule has 0 aliphatic rings. The van der Waals surface area contributed by atoms with E-state index in [2.05, 4.69) is 10.3 Å². The fourth-order valence-electron chi connectivity index (χ4n) is 1.97. The summed E-state index contributed by atoms with van der Waals surface area (Å²) >= 11 is 0. The molecule has 0 saturated carbocycles. The van der Waals surface area contributed by atoms with Gasteiger partial charge in [0.15, 0.2) is 0 Å². The van der Waals surface area contributed by atoms with E-state index in [4.69, 9.17) is 11.0 Å². The zero-order valence-electron chi connectivity index (χ0n) is 11.1. The molecule has 21 heavy (non-hydrogen) atoms. The van der Waals surface area contributed by atoms with Crippen LogP contribution in [0.4, 0.5) is 11.5 Å². The molecule has 0 saturated heterocycles. The lowest BCUT2D eigenvalue weighted by molar-refractivity contribution is -0.384. The van der Waals surface area contributed by atoms with Gasteiger partial charge in [0.25, 0.3) is 0 Å². The fraction of sp³-hybridized carbons (Fsp3) is 0.143. The van der Waals surface area contributed by atoms with E-state index in [1.54, 1.807) is 6.07 Å². The molecule has 0 atom stereocenters. The smallest absolute Gasteiger partial charge is 0.328 e. The van der Waals surface area contributed by atoms with Gasteiger partial charge in [-0.1, -0.05) is 24.3 Å². The quantitative estimate of drug-likeness (QED) is 0.639. The minimum Gasteiger partial charge on any atom is -0.360 e. The molecule has 0 radical (unpaired) electrons. The second-order valence-electron chi connectivity index (χ2n) is 4.25. The third kappa shape index (κ3) is 3.13. The molecule has 0 unspecified atom stereocenters. The van der Waals surface area contributed by atoms with E-state index in [9.17, 15) is 10.1 Å². The Kier molecular flexibility index (Phi) is 4.43. The highest BCUT2D eigenvalue weighted by atomic mass is 16.6. The Labute approximate surface area is 121 Å². The third-order valence-electron chi connectivity index (χ3n) is 3.01. The molecule has 7 nitrogen and oxygen atoms in total. The van der Waals surface area contributed by atoms with Gasteiger partial charge in [0.05, 0.1) is 4.92 Å². The van der Waals surface area contributed by atoms with Crippen molar-refractivity contribution in [2.45, 2.75) is 13.1 Å². The van der Waals surface area contributed by atoms with E-state index >= 15 is 0 Å². The summed E-state index contributed by atoms with van der Waals surface area (Å²) < 4.78 is 0. The van der Waals surface area contributed by atoms with Crippen molar-refractivity contribution < 1.29 is 4.92 Å². The van der Waals surface area contributed by atoms with Crippen molar-refractivity contribution in [2.24, 2.45) is 5.73 Å². The monoisotopic (exact) mass is 283 g/mol. The number of hydrogen-bond acceptors (Lipinski definition) is 6. The highest BCUT2D eigenvalue weighted by Crippen LogP contribution is 2.26. The molecule has 0 aliphatic heterocycles. The van der Waals surface area contributed by atoms with Crippen LogP contribution in [0.3, 0.4) is 0 Å². The maximum absolute atomic E-state index is 11.1. The molecular formula is C14H13N5O2. The first-order valence-corrected chi connectivity index (χ1v) is 6.21. The Morgan fingerprint density at radius 1 is 1.33 bits per heavy atom. The average Bonchev–Trinajstić information content (AvgIpc) is 2.52. The lowest BCUT2D eigenvalue weighted by atomic mass is 10.1. The molecule has 2 rings (SSSR count). The number of rotatable bonds is 5. The molecule has 1 heterocycles. The number of nitriles is 1. The van der Waals surface area contributed by atoms with Gasteiger partial charge in [-0.2, -0.15) is 5.26 Å². The molecule has 3 N–H and O–H groups in total. The number of nitrogens with zero attached hydrogens (tertiary/aromatic N) is 3. The minimum absolute atomic E-state index is 0.0235. The SMILES string of the molecule is N#Cc1ccnc(NCc2ccccc2CN)c1[N+](=O)[O-]. The predicted molar refractivity (Wildman–Crippen MR) is 77.3 cm³/mol. The van der Waals surface area contributed by atoms with Gasteiger partial charge >= 0.3 is 5.69 Å². The van der Waals surface area contributed by atoms with Crippen molar-refractivity contribution in [3.8, 4) is 6.07 Å². The van der Waals surface area contributed by atoms with E-state index in [0.29, 0.717) is 13.1 Å². The lowest BCUT2D eigenvalue weighted by Crippen LogP contribution is -2.09. The summed E-state index contributed by atoms with van der Waals surface area (Å²) in [6.45, 7) is 0.724. The Hall–Kier alpha value is -2.98. The lowest BCUT2D eigenvalue weighted by Gasteiger charge is -2.10. The summed E-state index contributed by atoms with van der Waals surface area (Å²) in [5, 5.41) is 22.9. The Morgan fingerprint density at radius 2 is 2.05 bits per heavy atom. The summed E-state index contributed by atoms with van der Waals surface area (Å²) in [6.07, 6.45) is 1.36. The molecule has 0 aliphatic carbocycles. The van der Waals surface area contributed by atoms with Gasteiger partial charge in [0.2, 0.25) is 5.82 Å². The second-order valence-corrected chi connectivity index (χ2v) is 4.25. The molecule has 106 valence electrons. The first-order chi connectivity index (χ1) is 10.2. The van der Waals surface area contributed by atoms with Gasteiger partial charge < -0.3 is 11.1 Å². The van der Waals surface area contributed by atoms with Crippen LogP contribution < -0.4 is 11.1 Å². The van der Waals surface area contributed by atoms with Gasteiger partial charge in [-0.3, -0.25) is 10.1 Å². The van der Waals surface area contributed by atoms with Crippen LogP contribution in [-0.4, -0.2) is 9.91 Å². The zero-order valence-corrected chi connectivity index (χ0v) is 11.1. The Bertz CT molecular complexity index is 709. The van der Waals surface area contributed by atoms with Crippen molar-refractivity contribution in [2.75, 3.05) is 5.32 Å². The van der Waals surface area contributed by atoms with Crippen molar-refractivity contribution >= 4 is 11.5 Å². The summed E-state index contributed by atoms with van der Waals surface area (Å²) in [5.41, 5.74) is 7.19. The first kappa shape index (κ1) is 14.4. The molecule has 0 amide bonds. The molecule has 1 aromatic heterocycles. The Balaban J connectivity index is 2.29. The maximum Gasteiger partial charge on any atom is 0.328 e. The van der Waals surface area contributed by atoms with Crippen LogP contribution in [0.25, 0.3) is 0 Å². The van der Waals surface area contributed by atoms with Gasteiger partial charge in [0.1, 0.15) is 11.6 Å². The predicted octanol–water partition coefficient (Wildman–Crippen LogP) is 1.93. The van der Waals surface area contributed by atoms with Crippen molar-refractivity contribution in [1.29, 1.82) is 5.26 Å². The minimum atomic E-state index is -0.608. The number of nitro groups is 1. The molecule has 2 aromatic rings. The van der Waals surface area contributed by atoms with E-state index in [1.165, 1.54) is 12.3 Å². The molecule has 0 fully saturated rings. The van der Waals surface area contributed by atoms with Crippen molar-refractivity contribution in [3.05, 3.63) is 63.3 Å². The van der Waals surface area contributed by atoms with E-state index in [0.717, 1.165) is 11.1 Å². The molecule has 0 spiro atoms. The van der Waals surface area contributed by atoms with Crippen LogP contribution in [0.1, 0.15) is 16.7 Å². The number of nitrogens with two attached hydrogens (primary N) is 1. The summed E-state index contributed by atoms with van der Waals surface area (Å²) in [5.74, 6) is 0.0749. The average molecular weight is 283 g/mol. The number of anilines is 1. The third-order valence-corrected chi connectivity index (χ3v) is 3.01. The summed E-state index contributed by atoms with van der Waals surface area (Å²) in [4.78, 5) is 14.4. The van der Waals surface area contributed by atoms with Gasteiger partial charge in [0, 0.05) is 19.3 Å². The molecule has 7 heteroatoms. The largest absolute Gasteiger partial charge is 0.360 e. The highest BCUT2D eigenvalue weighted by Gasteiger charge is 2.20. The second kappa shape index (κ2) is 6.45. The molecule has 0 bridgehead atoms. The van der Waals surface area contributed by atoms with Crippen LogP contribution in [-0.2, 0) is 13.1 Å². The zero-order chi connectivity index (χ0) is 15.2. The standard InChI is InChI=1S/C14H13N5O2/c15-7-10-3-1-2-4-12(10)9-18-14-13(19(20)21)11(8-16)5-6-17-14/h1-6H,7,9,15H2,(H,17,18). The van der Waals surface area contributed by atoms with Gasteiger partial charge in [-0.25, -0.2) is 4.98 Å². The van der Waals surface area contributed by atoms with Crippen LogP contribution in [0.5, 0.6) is 0 Å². The van der Waals surface area contributed by atoms with E-state index in [-0.39, 0.29) is 17.1 Å². The van der Waals surface area contributed by atoms with E-state index in [1.807, 2.05) is 24.3 Å². The fourth-order valence-corrected chi connectivity index (χ4v) is 1.97. The topological polar surface area (TPSA) is 118 Å². The first-order valence-electron chi connectivity index (χ1n) is 6.21. The van der Waals surface area contributed by atoms with Crippen LogP contribution >= 0.6 is 0 Å². The van der Waals surface area contributed by atoms with Crippen LogP contribution in [0, 0.1) is 21.4 Å². The van der Waals surface area contributed by atoms with E-state index < -0.39 is 4.92 Å². The number of pyridine rings is 1. The van der Waals surface area contributed by atoms with Crippen molar-refractivity contribution in [3.63, 3.8) is 0 Å². The summed E-state index contributed by atoms with van der Waals surface area (Å²) in [6, 6.07) is 10.6. The Morgan fingerprint density at radius 3 is 2.67 bits per heavy atom. The van der Waals surface area contributed by atoms with Gasteiger partial charge in [-0.05, 0) is 17.2 Å². The van der Waals surface area contributed by atoms with Crippen LogP contribution in [0.2, 0.25) is 0 Å². The van der Waals surface area contributed by atoms with Gasteiger partial charge in [-0.15, -0.1) is 0 Å². The molecule has 1 aromatic carbocycles. The van der Waals surface area contributed by atoms with Crippen LogP contribution in [0.15, 0.2) is 36.5 Å². The number of benzene rings is 1. The molecular weight excluding hydrogens is 270 g/mol. The maximum atomic E-state index is 11.1. The highest BCUT2D eigenvalue weighted by molar-refractivity contribution is 5.64. The summed E-state index contributed by atoms with van der Waals surface area (Å²) in [7, 11) is 0. The number of hydrogen-bond donors (Lipinski definition) is 2. The van der Waals surface area contributed by atoms with Crippen molar-refractivity contribution in [1.82, 2.24) is 4.98 Å². The normalized spacial score (nSPS) is 9.90. The number of aromatic nitrogens is 1.